The molecule has 1 aliphatic carbocycles. The second-order valence-electron chi connectivity index (χ2n) is 7.86. The number of sulfonamides is 1. The van der Waals surface area contributed by atoms with Crippen LogP contribution in [0.4, 0.5) is 20.3 Å². The zero-order valence-corrected chi connectivity index (χ0v) is 18.4. The van der Waals surface area contributed by atoms with E-state index in [1.165, 1.54) is 36.9 Å². The molecule has 3 aromatic heterocycles. The Morgan fingerprint density at radius 2 is 1.94 bits per heavy atom. The number of hydrogen-bond acceptors (Lipinski definition) is 7. The van der Waals surface area contributed by atoms with E-state index in [2.05, 4.69) is 25.3 Å². The molecule has 9 nitrogen and oxygen atoms in total. The van der Waals surface area contributed by atoms with Gasteiger partial charge in [-0.05, 0) is 43.0 Å². The van der Waals surface area contributed by atoms with Crippen LogP contribution >= 0.6 is 0 Å². The van der Waals surface area contributed by atoms with Crippen LogP contribution in [0.3, 0.4) is 0 Å². The molecule has 0 radical (unpaired) electrons. The largest absolute Gasteiger partial charge is 0.369 e. The number of aromatic nitrogens is 4. The highest BCUT2D eigenvalue weighted by Gasteiger charge is 2.28. The molecule has 0 saturated heterocycles. The number of pyridine rings is 1. The van der Waals surface area contributed by atoms with Crippen LogP contribution in [-0.2, 0) is 10.0 Å². The molecular formula is C22H18F2N6O3S. The first kappa shape index (κ1) is 21.9. The van der Waals surface area contributed by atoms with Gasteiger partial charge in [0, 0.05) is 18.9 Å². The molecule has 0 spiro atoms. The van der Waals surface area contributed by atoms with Crippen LogP contribution in [0.5, 0.6) is 0 Å². The summed E-state index contributed by atoms with van der Waals surface area (Å²) in [7, 11) is -4.27. The molecule has 5 rings (SSSR count). The van der Waals surface area contributed by atoms with Crippen LogP contribution in [0.25, 0.3) is 11.0 Å². The Bertz CT molecular complexity index is 1500. The van der Waals surface area contributed by atoms with Crippen molar-refractivity contribution in [3.8, 4) is 0 Å². The normalized spacial score (nSPS) is 13.7. The maximum atomic E-state index is 15.3. The fraction of sp³-hybridized carbons (Fsp3) is 0.182. The minimum absolute atomic E-state index is 0.0450. The lowest BCUT2D eigenvalue weighted by atomic mass is 10.0. The lowest BCUT2D eigenvalue weighted by molar-refractivity contribution is 0.103. The molecule has 1 aromatic carbocycles. The maximum Gasteiger partial charge on any atom is 0.279 e. The molecule has 0 amide bonds. The molecule has 34 heavy (non-hydrogen) atoms. The van der Waals surface area contributed by atoms with Gasteiger partial charge in [0.2, 0.25) is 5.78 Å². The first-order valence-corrected chi connectivity index (χ1v) is 11.9. The number of aromatic amines is 1. The topological polar surface area (TPSA) is 130 Å². The number of nitrogens with one attached hydrogen (secondary N) is 3. The summed E-state index contributed by atoms with van der Waals surface area (Å²) in [4.78, 5) is 28.1. The molecule has 3 heterocycles. The summed E-state index contributed by atoms with van der Waals surface area (Å²) in [5, 5.41) is 3.11. The highest BCUT2D eigenvalue weighted by molar-refractivity contribution is 7.92. The van der Waals surface area contributed by atoms with Crippen LogP contribution < -0.4 is 10.0 Å². The molecule has 0 atom stereocenters. The van der Waals surface area contributed by atoms with Crippen molar-refractivity contribution in [1.29, 1.82) is 0 Å². The van der Waals surface area contributed by atoms with E-state index in [4.69, 9.17) is 0 Å². The van der Waals surface area contributed by atoms with Crippen molar-refractivity contribution in [1.82, 2.24) is 19.9 Å². The second-order valence-corrected chi connectivity index (χ2v) is 9.49. The third-order valence-corrected chi connectivity index (χ3v) is 6.73. The molecule has 0 bridgehead atoms. The minimum atomic E-state index is -4.27. The Balaban J connectivity index is 1.53. The van der Waals surface area contributed by atoms with Crippen molar-refractivity contribution < 1.29 is 22.0 Å². The van der Waals surface area contributed by atoms with Crippen LogP contribution in [0.15, 0.2) is 54.1 Å². The van der Waals surface area contributed by atoms with E-state index < -0.39 is 38.7 Å². The number of fused-ring (bicyclic) bond motifs is 1. The van der Waals surface area contributed by atoms with E-state index in [1.807, 2.05) is 4.72 Å². The van der Waals surface area contributed by atoms with Crippen molar-refractivity contribution in [2.24, 2.45) is 5.92 Å². The van der Waals surface area contributed by atoms with Crippen molar-refractivity contribution in [2.75, 3.05) is 16.6 Å². The van der Waals surface area contributed by atoms with Crippen molar-refractivity contribution in [3.05, 3.63) is 71.8 Å². The monoisotopic (exact) mass is 484 g/mol. The summed E-state index contributed by atoms with van der Waals surface area (Å²) in [5.74, 6) is -2.58. The van der Waals surface area contributed by atoms with Gasteiger partial charge >= 0.3 is 0 Å². The Morgan fingerprint density at radius 1 is 1.12 bits per heavy atom. The molecular weight excluding hydrogens is 466 g/mol. The van der Waals surface area contributed by atoms with E-state index in [0.29, 0.717) is 29.3 Å². The van der Waals surface area contributed by atoms with Crippen molar-refractivity contribution in [2.45, 2.75) is 17.9 Å². The minimum Gasteiger partial charge on any atom is -0.369 e. The Labute approximate surface area is 192 Å². The number of hydrogen-bond donors (Lipinski definition) is 3. The second kappa shape index (κ2) is 8.45. The predicted molar refractivity (Wildman–Crippen MR) is 120 cm³/mol. The summed E-state index contributed by atoms with van der Waals surface area (Å²) in [6, 6.07) is 5.92. The average molecular weight is 484 g/mol. The Kier molecular flexibility index (Phi) is 5.44. The average Bonchev–Trinajstić information content (AvgIpc) is 3.56. The molecule has 1 saturated carbocycles. The van der Waals surface area contributed by atoms with Crippen LogP contribution in [-0.4, -0.2) is 40.7 Å². The van der Waals surface area contributed by atoms with Gasteiger partial charge in [0.1, 0.15) is 23.6 Å². The fourth-order valence-electron chi connectivity index (χ4n) is 3.52. The molecule has 174 valence electrons. The number of rotatable bonds is 8. The highest BCUT2D eigenvalue weighted by atomic mass is 32.2. The van der Waals surface area contributed by atoms with E-state index in [9.17, 15) is 17.6 Å². The van der Waals surface area contributed by atoms with Crippen LogP contribution in [0, 0.1) is 17.6 Å². The smallest absolute Gasteiger partial charge is 0.279 e. The standard InChI is InChI=1S/C22H18F2N6O3S/c23-14-6-7-15(30-34(32,33)16-3-1-2-8-25-16)19(24)18(14)20(31)13-10-27-22-17(13)21(28-11-29-22)26-9-12-4-5-12/h1-3,6-8,10-12,30H,4-5,9H2,(H2,26,27,28,29). The lowest BCUT2D eigenvalue weighted by Crippen LogP contribution is -2.17. The lowest BCUT2D eigenvalue weighted by Gasteiger charge is -2.12. The third kappa shape index (κ3) is 4.07. The summed E-state index contributed by atoms with van der Waals surface area (Å²) >= 11 is 0. The number of halogens is 2. The molecule has 12 heteroatoms. The number of carbonyl (C=O) groups is 1. The molecule has 3 N–H and O–H groups in total. The first-order valence-electron chi connectivity index (χ1n) is 10.4. The fourth-order valence-corrected chi connectivity index (χ4v) is 4.53. The molecule has 0 unspecified atom stereocenters. The number of benzene rings is 1. The van der Waals surface area contributed by atoms with E-state index in [-0.39, 0.29) is 10.6 Å². The van der Waals surface area contributed by atoms with E-state index in [0.717, 1.165) is 25.0 Å². The number of nitrogens with zero attached hydrogens (tertiary/aromatic N) is 3. The Hall–Kier alpha value is -3.93. The van der Waals surface area contributed by atoms with Gasteiger partial charge < -0.3 is 10.3 Å². The van der Waals surface area contributed by atoms with E-state index in [1.54, 1.807) is 0 Å². The number of carbonyl (C=O) groups excluding carboxylic acids is 1. The van der Waals surface area contributed by atoms with Gasteiger partial charge in [-0.2, -0.15) is 8.42 Å². The van der Waals surface area contributed by atoms with Crippen molar-refractivity contribution >= 4 is 38.3 Å². The number of H-pyrrole nitrogens is 1. The molecule has 1 aliphatic rings. The SMILES string of the molecule is O=C(c1c(F)ccc(NS(=O)(=O)c2ccccn2)c1F)c1c[nH]c2ncnc(NCC3CC3)c12. The van der Waals surface area contributed by atoms with Gasteiger partial charge in [0.15, 0.2) is 10.8 Å². The zero-order valence-electron chi connectivity index (χ0n) is 17.5. The zero-order chi connectivity index (χ0) is 23.9. The summed E-state index contributed by atoms with van der Waals surface area (Å²) in [6.07, 6.45) is 6.07. The van der Waals surface area contributed by atoms with Crippen LogP contribution in [0.1, 0.15) is 28.8 Å². The number of anilines is 2. The van der Waals surface area contributed by atoms with Crippen molar-refractivity contribution in [3.63, 3.8) is 0 Å². The maximum absolute atomic E-state index is 15.3. The quantitative estimate of drug-likeness (QED) is 0.327. The Morgan fingerprint density at radius 3 is 2.68 bits per heavy atom. The highest BCUT2D eigenvalue weighted by Crippen LogP contribution is 2.32. The predicted octanol–water partition coefficient (Wildman–Crippen LogP) is 3.48. The number of ketones is 1. The van der Waals surface area contributed by atoms with Gasteiger partial charge in [0.05, 0.1) is 22.2 Å². The first-order chi connectivity index (χ1) is 16.3. The van der Waals surface area contributed by atoms with Gasteiger partial charge in [0.25, 0.3) is 10.0 Å². The summed E-state index contributed by atoms with van der Waals surface area (Å²) in [5.41, 5.74) is -1.21. The van der Waals surface area contributed by atoms with Gasteiger partial charge in [-0.3, -0.25) is 9.52 Å². The summed E-state index contributed by atoms with van der Waals surface area (Å²) < 4.78 is 57.1. The van der Waals surface area contributed by atoms with E-state index >= 15 is 4.39 Å². The molecule has 0 aliphatic heterocycles. The van der Waals surface area contributed by atoms with Gasteiger partial charge in [-0.25, -0.2) is 23.7 Å². The third-order valence-electron chi connectivity index (χ3n) is 5.45. The molecule has 1 fully saturated rings. The van der Waals surface area contributed by atoms with Gasteiger partial charge in [-0.1, -0.05) is 6.07 Å². The van der Waals surface area contributed by atoms with Gasteiger partial charge in [-0.15, -0.1) is 0 Å². The van der Waals surface area contributed by atoms with Crippen LogP contribution in [0.2, 0.25) is 0 Å². The summed E-state index contributed by atoms with van der Waals surface area (Å²) in [6.45, 7) is 0.651. The molecule has 4 aromatic rings.